The fraction of sp³-hybridized carbons (Fsp3) is 0.0833. The van der Waals surface area contributed by atoms with Crippen molar-refractivity contribution in [3.8, 4) is 45.5 Å². The van der Waals surface area contributed by atoms with Crippen molar-refractivity contribution in [3.05, 3.63) is 229 Å². The number of aromatic nitrogens is 4. The average molecular weight is 864 g/mol. The molecule has 0 aliphatic carbocycles. The molecule has 0 radical (unpaired) electrons. The molecule has 0 aliphatic rings. The summed E-state index contributed by atoms with van der Waals surface area (Å²) in [7, 11) is 0. The third kappa shape index (κ3) is 6.99. The molecule has 0 saturated carbocycles. The fourth-order valence-corrected chi connectivity index (χ4v) is 8.73. The molecule has 0 bridgehead atoms. The number of hydrogen-bond donors (Lipinski definition) is 0. The number of fused-ring (bicyclic) bond motifs is 4. The summed E-state index contributed by atoms with van der Waals surface area (Å²) in [6, 6.07) is 38.2. The summed E-state index contributed by atoms with van der Waals surface area (Å²) >= 11 is 0. The minimum Gasteiger partial charge on any atom is -0.311 e. The molecule has 0 amide bonds. The van der Waals surface area contributed by atoms with Gasteiger partial charge in [-0.25, -0.2) is 4.98 Å². The highest BCUT2D eigenvalue weighted by Gasteiger charge is 2.23. The van der Waals surface area contributed by atoms with Gasteiger partial charge in [0.05, 0.1) is 58.8 Å². The first-order valence-corrected chi connectivity index (χ1v) is 21.3. The molecule has 66 heavy (non-hydrogen) atoms. The molecule has 0 aliphatic heterocycles. The minimum atomic E-state index is -2.68. The van der Waals surface area contributed by atoms with Crippen LogP contribution in [0.2, 0.25) is 0 Å². The van der Waals surface area contributed by atoms with E-state index in [2.05, 4.69) is 49.9 Å². The Bertz CT molecular complexity index is 4250. The molecule has 3 heterocycles. The third-order valence-electron chi connectivity index (χ3n) is 11.8. The molecule has 0 fully saturated rings. The van der Waals surface area contributed by atoms with E-state index < -0.39 is 67.3 Å². The normalized spacial score (nSPS) is 14.6. The molecule has 11 aromatic rings. The van der Waals surface area contributed by atoms with Crippen molar-refractivity contribution in [2.24, 2.45) is 0 Å². The number of anilines is 3. The Hall–Kier alpha value is -8.53. The SMILES string of the molecule is [2H]c1c([2H])c([2H])c(-c2cccc(-c3c([2H])c([2H])c([2H])c([2H])c3[2H])c2-[n+]2[c-]n(-c3cccc(N(c4ccc5c6ccccc6n(-c6cc(C(C)(C)C)ccn6)c5c4)c4ccc(C#N)cc4C([2H])([2H])[2H])c3)c3ccccc32)c([2H])c1[2H]. The monoisotopic (exact) mass is 863 g/mol. The van der Waals surface area contributed by atoms with Crippen molar-refractivity contribution < 1.29 is 22.4 Å². The second kappa shape index (κ2) is 16.2. The molecule has 3 aromatic heterocycles. The summed E-state index contributed by atoms with van der Waals surface area (Å²) in [4.78, 5) is 6.71. The summed E-state index contributed by atoms with van der Waals surface area (Å²) in [5.41, 5.74) is 5.48. The van der Waals surface area contributed by atoms with E-state index >= 15 is 0 Å². The molecule has 0 unspecified atom stereocenters. The van der Waals surface area contributed by atoms with Gasteiger partial charge >= 0.3 is 0 Å². The number of pyridine rings is 1. The zero-order chi connectivity index (χ0) is 56.1. The van der Waals surface area contributed by atoms with Crippen molar-refractivity contribution in [1.29, 1.82) is 5.26 Å². The van der Waals surface area contributed by atoms with E-state index in [1.165, 1.54) is 6.07 Å². The molecule has 11 rings (SSSR count). The Morgan fingerprint density at radius 1 is 0.667 bits per heavy atom. The molecule has 316 valence electrons. The lowest BCUT2D eigenvalue weighted by Crippen LogP contribution is -2.31. The van der Waals surface area contributed by atoms with Gasteiger partial charge in [-0.2, -0.15) is 5.26 Å². The predicted molar refractivity (Wildman–Crippen MR) is 269 cm³/mol. The van der Waals surface area contributed by atoms with Crippen molar-refractivity contribution in [2.75, 3.05) is 4.90 Å². The maximum Gasteiger partial charge on any atom is 0.269 e. The minimum absolute atomic E-state index is 0.0719. The van der Waals surface area contributed by atoms with Crippen LogP contribution in [-0.4, -0.2) is 14.1 Å². The number of nitrogens with zero attached hydrogens (tertiary/aromatic N) is 6. The lowest BCUT2D eigenvalue weighted by molar-refractivity contribution is -0.571. The Morgan fingerprint density at radius 2 is 1.35 bits per heavy atom. The van der Waals surface area contributed by atoms with Crippen molar-refractivity contribution in [1.82, 2.24) is 14.1 Å². The first-order valence-electron chi connectivity index (χ1n) is 27.8. The molecule has 0 atom stereocenters. The van der Waals surface area contributed by atoms with Gasteiger partial charge in [0.25, 0.3) is 6.33 Å². The van der Waals surface area contributed by atoms with Crippen LogP contribution >= 0.6 is 0 Å². The van der Waals surface area contributed by atoms with E-state index in [4.69, 9.17) is 22.8 Å². The fourth-order valence-electron chi connectivity index (χ4n) is 8.73. The second-order valence-electron chi connectivity index (χ2n) is 16.9. The van der Waals surface area contributed by atoms with E-state index in [0.29, 0.717) is 33.9 Å². The number of hydrogen-bond acceptors (Lipinski definition) is 3. The van der Waals surface area contributed by atoms with Crippen LogP contribution in [0.1, 0.15) is 55.3 Å². The van der Waals surface area contributed by atoms with Gasteiger partial charge < -0.3 is 4.90 Å². The van der Waals surface area contributed by atoms with E-state index in [1.54, 1.807) is 63.9 Å². The van der Waals surface area contributed by atoms with Crippen LogP contribution in [0.15, 0.2) is 206 Å². The van der Waals surface area contributed by atoms with Gasteiger partial charge in [-0.05, 0) is 112 Å². The maximum atomic E-state index is 10.1. The second-order valence-corrected chi connectivity index (χ2v) is 16.9. The molecular weight excluding hydrogens is 805 g/mol. The zero-order valence-electron chi connectivity index (χ0n) is 49.0. The number of aryl methyl sites for hydroxylation is 1. The Kier molecular flexibility index (Phi) is 6.96. The van der Waals surface area contributed by atoms with E-state index in [0.717, 1.165) is 27.4 Å². The molecule has 8 aromatic carbocycles. The summed E-state index contributed by atoms with van der Waals surface area (Å²) in [5, 5.41) is 12.0. The van der Waals surface area contributed by atoms with Gasteiger partial charge in [-0.15, -0.1) is 0 Å². The van der Waals surface area contributed by atoms with Crippen LogP contribution < -0.4 is 9.47 Å². The standard InChI is InChI=1S/C60H46N6/c1-41-35-42(39-61)29-32-53(41)65(48-30-31-52-51-23-11-12-26-54(51)66(57(52)38-48)58-36-45(33-34-62-58)60(2,3)4)47-22-15-21-46(37-47)63-40-64(56-28-14-13-27-55(56)63)59-49(43-17-7-5-8-18-43)24-16-25-50(59)44-19-9-6-10-20-44/h5-38H,1-4H3/i1D3,5D,6D,7D,8D,9D,10D,17D,18D,19D,20D. The first-order chi connectivity index (χ1) is 37.6. The van der Waals surface area contributed by atoms with Gasteiger partial charge in [0.15, 0.2) is 0 Å². The molecule has 6 heteroatoms. The van der Waals surface area contributed by atoms with Crippen LogP contribution in [0.4, 0.5) is 17.1 Å². The first kappa shape index (κ1) is 28.3. The topological polar surface area (TPSA) is 53.7 Å². The maximum absolute atomic E-state index is 10.1. The summed E-state index contributed by atoms with van der Waals surface area (Å²) in [6.07, 6.45) is 5.25. The van der Waals surface area contributed by atoms with Crippen molar-refractivity contribution in [2.45, 2.75) is 33.0 Å². The summed E-state index contributed by atoms with van der Waals surface area (Å²) in [6.45, 7) is 3.74. The molecule has 0 saturated heterocycles. The molecule has 6 nitrogen and oxygen atoms in total. The van der Waals surface area contributed by atoms with Gasteiger partial charge in [0, 0.05) is 38.1 Å². The van der Waals surface area contributed by atoms with E-state index in [1.807, 2.05) is 77.7 Å². The van der Waals surface area contributed by atoms with Crippen LogP contribution in [0.25, 0.3) is 72.3 Å². The van der Waals surface area contributed by atoms with Gasteiger partial charge in [-0.3, -0.25) is 13.7 Å². The van der Waals surface area contributed by atoms with Crippen molar-refractivity contribution in [3.63, 3.8) is 0 Å². The number of benzene rings is 8. The largest absolute Gasteiger partial charge is 0.311 e. The number of imidazole rings is 1. The lowest BCUT2D eigenvalue weighted by Gasteiger charge is -2.28. The van der Waals surface area contributed by atoms with Gasteiger partial charge in [0.1, 0.15) is 5.82 Å². The van der Waals surface area contributed by atoms with E-state index in [9.17, 15) is 5.26 Å². The van der Waals surface area contributed by atoms with Crippen LogP contribution in [0, 0.1) is 24.5 Å². The Labute approximate surface area is 403 Å². The van der Waals surface area contributed by atoms with Crippen molar-refractivity contribution >= 4 is 49.9 Å². The lowest BCUT2D eigenvalue weighted by atomic mass is 9.88. The smallest absolute Gasteiger partial charge is 0.269 e. The number of rotatable bonds is 8. The van der Waals surface area contributed by atoms with Crippen LogP contribution in [-0.2, 0) is 5.41 Å². The number of para-hydroxylation sites is 4. The highest BCUT2D eigenvalue weighted by molar-refractivity contribution is 6.10. The van der Waals surface area contributed by atoms with E-state index in [-0.39, 0.29) is 50.2 Å². The summed E-state index contributed by atoms with van der Waals surface area (Å²) < 4.78 is 120. The predicted octanol–water partition coefficient (Wildman–Crippen LogP) is 14.5. The molecule has 0 spiro atoms. The Balaban J connectivity index is 1.19. The van der Waals surface area contributed by atoms with Gasteiger partial charge in [-0.1, -0.05) is 154 Å². The number of nitriles is 1. The third-order valence-corrected chi connectivity index (χ3v) is 11.8. The Morgan fingerprint density at radius 3 is 2.08 bits per heavy atom. The summed E-state index contributed by atoms with van der Waals surface area (Å²) in [5.74, 6) is 0.692. The zero-order valence-corrected chi connectivity index (χ0v) is 36.0. The highest BCUT2D eigenvalue weighted by Crippen LogP contribution is 2.42. The van der Waals surface area contributed by atoms with Gasteiger partial charge in [0.2, 0.25) is 0 Å². The van der Waals surface area contributed by atoms with Crippen LogP contribution in [0.5, 0.6) is 0 Å². The van der Waals surface area contributed by atoms with Crippen LogP contribution in [0.3, 0.4) is 0 Å². The highest BCUT2D eigenvalue weighted by atomic mass is 15.2. The quantitative estimate of drug-likeness (QED) is 0.113. The molecule has 0 N–H and O–H groups in total. The molecular formula is C60H46N6. The average Bonchev–Trinajstić information content (AvgIpc) is 4.24.